The summed E-state index contributed by atoms with van der Waals surface area (Å²) in [6.45, 7) is 0. The van der Waals surface area contributed by atoms with Gasteiger partial charge >= 0.3 is 5.69 Å². The van der Waals surface area contributed by atoms with Crippen molar-refractivity contribution in [1.82, 2.24) is 30.2 Å². The molecule has 0 N–H and O–H groups in total. The molecule has 3 rings (SSSR count). The second-order valence-electron chi connectivity index (χ2n) is 3.83. The Kier molecular flexibility index (Phi) is 3.03. The van der Waals surface area contributed by atoms with Gasteiger partial charge in [-0.3, -0.25) is 10.1 Å². The summed E-state index contributed by atoms with van der Waals surface area (Å²) >= 11 is 6.67. The average Bonchev–Trinajstić information content (AvgIpc) is 3.10. The van der Waals surface area contributed by atoms with Crippen LogP contribution in [0.1, 0.15) is 18.9 Å². The van der Waals surface area contributed by atoms with Crippen LogP contribution >= 0.6 is 23.4 Å². The Morgan fingerprint density at radius 3 is 3.00 bits per heavy atom. The summed E-state index contributed by atoms with van der Waals surface area (Å²) < 4.78 is 1.64. The second kappa shape index (κ2) is 4.70. The molecule has 9 nitrogen and oxygen atoms in total. The fourth-order valence-corrected chi connectivity index (χ4v) is 2.50. The summed E-state index contributed by atoms with van der Waals surface area (Å²) in [6, 6.07) is 0.272. The highest BCUT2D eigenvalue weighted by molar-refractivity contribution is 7.99. The van der Waals surface area contributed by atoms with Gasteiger partial charge in [-0.15, -0.1) is 5.10 Å². The van der Waals surface area contributed by atoms with Gasteiger partial charge in [0.2, 0.25) is 10.4 Å². The van der Waals surface area contributed by atoms with Gasteiger partial charge in [0.1, 0.15) is 6.20 Å². The van der Waals surface area contributed by atoms with Crippen LogP contribution in [0.15, 0.2) is 16.4 Å². The Labute approximate surface area is 115 Å². The highest BCUT2D eigenvalue weighted by Gasteiger charge is 2.29. The maximum Gasteiger partial charge on any atom is 0.320 e. The first-order chi connectivity index (χ1) is 9.15. The molecular formula is C8H6ClN7O2S. The van der Waals surface area contributed by atoms with Crippen LogP contribution in [0.4, 0.5) is 5.69 Å². The highest BCUT2D eigenvalue weighted by Crippen LogP contribution is 2.39. The zero-order chi connectivity index (χ0) is 13.4. The molecule has 0 atom stereocenters. The van der Waals surface area contributed by atoms with E-state index in [-0.39, 0.29) is 22.0 Å². The fourth-order valence-electron chi connectivity index (χ4n) is 1.43. The van der Waals surface area contributed by atoms with Gasteiger partial charge in [0.25, 0.3) is 0 Å². The van der Waals surface area contributed by atoms with Crippen LogP contribution in [0.3, 0.4) is 0 Å². The van der Waals surface area contributed by atoms with E-state index in [1.165, 1.54) is 0 Å². The van der Waals surface area contributed by atoms with E-state index in [0.29, 0.717) is 5.16 Å². The number of rotatable bonds is 4. The first-order valence-corrected chi connectivity index (χ1v) is 6.47. The lowest BCUT2D eigenvalue weighted by atomic mass is 10.6. The van der Waals surface area contributed by atoms with Crippen molar-refractivity contribution in [3.63, 3.8) is 0 Å². The summed E-state index contributed by atoms with van der Waals surface area (Å²) in [5.74, 6) is 0. The molecule has 0 aliphatic heterocycles. The minimum Gasteiger partial charge on any atom is -0.258 e. The molecule has 0 unspecified atom stereocenters. The summed E-state index contributed by atoms with van der Waals surface area (Å²) in [5.41, 5.74) is -0.222. The number of nitro groups is 1. The largest absolute Gasteiger partial charge is 0.320 e. The van der Waals surface area contributed by atoms with Crippen molar-refractivity contribution in [3.05, 3.63) is 21.6 Å². The zero-order valence-electron chi connectivity index (χ0n) is 9.30. The third-order valence-corrected chi connectivity index (χ3v) is 3.57. The lowest BCUT2D eigenvalue weighted by Gasteiger charge is -2.02. The molecule has 0 saturated heterocycles. The van der Waals surface area contributed by atoms with Crippen molar-refractivity contribution in [2.24, 2.45) is 0 Å². The van der Waals surface area contributed by atoms with Gasteiger partial charge in [-0.25, -0.2) is 14.6 Å². The number of aromatic nitrogens is 6. The molecule has 0 spiro atoms. The van der Waals surface area contributed by atoms with Crippen molar-refractivity contribution in [1.29, 1.82) is 0 Å². The molecule has 98 valence electrons. The van der Waals surface area contributed by atoms with Crippen LogP contribution in [-0.4, -0.2) is 35.1 Å². The van der Waals surface area contributed by atoms with Crippen LogP contribution < -0.4 is 0 Å². The minimum absolute atomic E-state index is 0.0569. The van der Waals surface area contributed by atoms with Crippen LogP contribution in [0, 0.1) is 10.1 Å². The monoisotopic (exact) mass is 299 g/mol. The topological polar surface area (TPSA) is 113 Å². The highest BCUT2D eigenvalue weighted by atomic mass is 35.5. The second-order valence-corrected chi connectivity index (χ2v) is 5.12. The smallest absolute Gasteiger partial charge is 0.258 e. The standard InChI is InChI=1S/C8H6ClN7O2S/c9-7-10-3-5(16(17)18)6(11-7)19-8-12-13-14-15(8)4-1-2-4/h3-4H,1-2H2. The molecule has 1 fully saturated rings. The van der Waals surface area contributed by atoms with Gasteiger partial charge in [-0.1, -0.05) is 0 Å². The van der Waals surface area contributed by atoms with E-state index in [4.69, 9.17) is 11.6 Å². The Morgan fingerprint density at radius 2 is 2.32 bits per heavy atom. The Hall–Kier alpha value is -1.81. The van der Waals surface area contributed by atoms with Gasteiger partial charge in [-0.2, -0.15) is 0 Å². The van der Waals surface area contributed by atoms with E-state index in [1.807, 2.05) is 0 Å². The Balaban J connectivity index is 1.95. The van der Waals surface area contributed by atoms with Gasteiger partial charge in [-0.05, 0) is 46.6 Å². The molecule has 1 saturated carbocycles. The predicted octanol–water partition coefficient (Wildman–Crippen LogP) is 1.51. The molecule has 1 aliphatic carbocycles. The lowest BCUT2D eigenvalue weighted by molar-refractivity contribution is -0.388. The van der Waals surface area contributed by atoms with Gasteiger partial charge in [0, 0.05) is 0 Å². The molecule has 0 radical (unpaired) electrons. The van der Waals surface area contributed by atoms with Crippen LogP contribution in [-0.2, 0) is 0 Å². The van der Waals surface area contributed by atoms with Crippen molar-refractivity contribution < 1.29 is 4.92 Å². The number of hydrogen-bond acceptors (Lipinski definition) is 8. The summed E-state index contributed by atoms with van der Waals surface area (Å²) in [7, 11) is 0. The molecule has 1 aliphatic rings. The quantitative estimate of drug-likeness (QED) is 0.361. The normalized spacial score (nSPS) is 14.6. The van der Waals surface area contributed by atoms with Crippen LogP contribution in [0.5, 0.6) is 0 Å². The Morgan fingerprint density at radius 1 is 1.53 bits per heavy atom. The molecule has 11 heteroatoms. The predicted molar refractivity (Wildman–Crippen MR) is 63.9 cm³/mol. The Bertz CT molecular complexity index is 644. The fraction of sp³-hybridized carbons (Fsp3) is 0.375. The third-order valence-electron chi connectivity index (χ3n) is 2.45. The van der Waals surface area contributed by atoms with Crippen molar-refractivity contribution in [2.45, 2.75) is 29.1 Å². The summed E-state index contributed by atoms with van der Waals surface area (Å²) in [5, 5.41) is 22.7. The first-order valence-electron chi connectivity index (χ1n) is 5.28. The van der Waals surface area contributed by atoms with E-state index in [9.17, 15) is 10.1 Å². The van der Waals surface area contributed by atoms with E-state index >= 15 is 0 Å². The van der Waals surface area contributed by atoms with Gasteiger partial charge in [0.15, 0.2) is 5.03 Å². The number of hydrogen-bond donors (Lipinski definition) is 0. The van der Waals surface area contributed by atoms with E-state index in [2.05, 4.69) is 25.5 Å². The van der Waals surface area contributed by atoms with Gasteiger partial charge in [0.05, 0.1) is 11.0 Å². The molecule has 19 heavy (non-hydrogen) atoms. The van der Waals surface area contributed by atoms with E-state index in [0.717, 1.165) is 30.8 Å². The van der Waals surface area contributed by atoms with Crippen molar-refractivity contribution in [2.75, 3.05) is 0 Å². The minimum atomic E-state index is -0.566. The summed E-state index contributed by atoms with van der Waals surface area (Å²) in [4.78, 5) is 17.8. The maximum atomic E-state index is 10.9. The van der Waals surface area contributed by atoms with E-state index in [1.54, 1.807) is 4.68 Å². The number of tetrazole rings is 1. The molecule has 0 aromatic carbocycles. The van der Waals surface area contributed by atoms with Crippen LogP contribution in [0.2, 0.25) is 5.28 Å². The zero-order valence-corrected chi connectivity index (χ0v) is 10.9. The molecule has 0 bridgehead atoms. The lowest BCUT2D eigenvalue weighted by Crippen LogP contribution is -2.00. The summed E-state index contributed by atoms with van der Waals surface area (Å²) in [6.07, 6.45) is 3.08. The van der Waals surface area contributed by atoms with Gasteiger partial charge < -0.3 is 0 Å². The van der Waals surface area contributed by atoms with Crippen molar-refractivity contribution >= 4 is 29.1 Å². The maximum absolute atomic E-state index is 10.9. The third kappa shape index (κ3) is 2.49. The van der Waals surface area contributed by atoms with Crippen LogP contribution in [0.25, 0.3) is 0 Å². The first kappa shape index (κ1) is 12.2. The number of nitrogens with zero attached hydrogens (tertiary/aromatic N) is 7. The molecule has 2 heterocycles. The van der Waals surface area contributed by atoms with E-state index < -0.39 is 4.92 Å². The van der Waals surface area contributed by atoms with Crippen molar-refractivity contribution in [3.8, 4) is 0 Å². The molecule has 2 aromatic heterocycles. The molecule has 2 aromatic rings. The average molecular weight is 300 g/mol. The molecular weight excluding hydrogens is 294 g/mol. The SMILES string of the molecule is O=[N+]([O-])c1cnc(Cl)nc1Sc1nnnn1C1CC1. The molecule has 0 amide bonds. The number of halogens is 1.